The topological polar surface area (TPSA) is 129 Å². The van der Waals surface area contributed by atoms with Crippen LogP contribution in [0.25, 0.3) is 22.6 Å². The highest BCUT2D eigenvalue weighted by Crippen LogP contribution is 2.31. The van der Waals surface area contributed by atoms with E-state index >= 15 is 0 Å². The summed E-state index contributed by atoms with van der Waals surface area (Å²) < 4.78 is 5.75. The fraction of sp³-hybridized carbons (Fsp3) is 0. The van der Waals surface area contributed by atoms with Crippen LogP contribution in [0.15, 0.2) is 56.9 Å². The number of benzene rings is 2. The van der Waals surface area contributed by atoms with Gasteiger partial charge in [0.25, 0.3) is 0 Å². The summed E-state index contributed by atoms with van der Waals surface area (Å²) in [7, 11) is 0. The van der Waals surface area contributed by atoms with Gasteiger partial charge in [-0.2, -0.15) is 4.99 Å². The SMILES string of the molecule is NC(N)=NC(N)=Nc1ccc2nc(-c3ccccc3Cl)oc2c1. The Balaban J connectivity index is 2.02. The van der Waals surface area contributed by atoms with Gasteiger partial charge in [0.15, 0.2) is 11.5 Å². The van der Waals surface area contributed by atoms with Crippen molar-refractivity contribution in [2.75, 3.05) is 0 Å². The van der Waals surface area contributed by atoms with Gasteiger partial charge in [0.05, 0.1) is 16.3 Å². The van der Waals surface area contributed by atoms with E-state index in [1.807, 2.05) is 18.2 Å². The molecule has 3 aromatic rings. The minimum Gasteiger partial charge on any atom is -0.436 e. The van der Waals surface area contributed by atoms with E-state index in [2.05, 4.69) is 15.0 Å². The van der Waals surface area contributed by atoms with Gasteiger partial charge >= 0.3 is 0 Å². The van der Waals surface area contributed by atoms with Gasteiger partial charge < -0.3 is 21.6 Å². The second-order valence-corrected chi connectivity index (χ2v) is 5.06. The molecule has 116 valence electrons. The molecular weight excluding hydrogens is 316 g/mol. The molecule has 1 aromatic heterocycles. The number of guanidine groups is 2. The first kappa shape index (κ1) is 14.9. The highest BCUT2D eigenvalue weighted by Gasteiger charge is 2.11. The van der Waals surface area contributed by atoms with Crippen LogP contribution in [-0.4, -0.2) is 16.9 Å². The van der Waals surface area contributed by atoms with Gasteiger partial charge in [-0.15, -0.1) is 0 Å². The molecule has 0 aliphatic heterocycles. The molecule has 6 N–H and O–H groups in total. The van der Waals surface area contributed by atoms with E-state index in [-0.39, 0.29) is 11.9 Å². The zero-order chi connectivity index (χ0) is 16.4. The molecule has 0 aliphatic rings. The molecule has 2 aromatic carbocycles. The number of halogens is 1. The minimum atomic E-state index is -0.159. The minimum absolute atomic E-state index is 0.0461. The standard InChI is InChI=1S/C15H13ClN6O/c16-10-4-2-1-3-9(10)13-21-11-6-5-8(7-12(11)23-13)20-15(19)22-14(17)18/h1-7H,(H6,17,18,19,20,22). The number of oxazole rings is 1. The number of fused-ring (bicyclic) bond motifs is 1. The summed E-state index contributed by atoms with van der Waals surface area (Å²) in [6.07, 6.45) is 0. The molecule has 0 saturated heterocycles. The van der Waals surface area contributed by atoms with Gasteiger partial charge in [-0.1, -0.05) is 23.7 Å². The van der Waals surface area contributed by atoms with Crippen molar-refractivity contribution in [3.05, 3.63) is 47.5 Å². The summed E-state index contributed by atoms with van der Waals surface area (Å²) >= 11 is 6.16. The van der Waals surface area contributed by atoms with Crippen molar-refractivity contribution in [2.45, 2.75) is 0 Å². The molecule has 0 bridgehead atoms. The average Bonchev–Trinajstić information content (AvgIpc) is 2.89. The van der Waals surface area contributed by atoms with Gasteiger partial charge in [-0.05, 0) is 24.3 Å². The van der Waals surface area contributed by atoms with E-state index in [4.69, 9.17) is 33.2 Å². The lowest BCUT2D eigenvalue weighted by Gasteiger charge is -1.97. The van der Waals surface area contributed by atoms with E-state index < -0.39 is 0 Å². The highest BCUT2D eigenvalue weighted by atomic mass is 35.5. The molecule has 0 aliphatic carbocycles. The molecule has 0 amide bonds. The predicted molar refractivity (Wildman–Crippen MR) is 91.5 cm³/mol. The molecule has 8 heteroatoms. The highest BCUT2D eigenvalue weighted by molar-refractivity contribution is 6.33. The summed E-state index contributed by atoms with van der Waals surface area (Å²) in [5.41, 5.74) is 18.6. The van der Waals surface area contributed by atoms with Gasteiger partial charge in [-0.25, -0.2) is 9.98 Å². The fourth-order valence-electron chi connectivity index (χ4n) is 2.02. The number of aromatic nitrogens is 1. The van der Waals surface area contributed by atoms with E-state index in [1.54, 1.807) is 24.3 Å². The zero-order valence-electron chi connectivity index (χ0n) is 11.9. The van der Waals surface area contributed by atoms with Crippen molar-refractivity contribution >= 4 is 40.3 Å². The van der Waals surface area contributed by atoms with Crippen molar-refractivity contribution in [2.24, 2.45) is 27.2 Å². The number of rotatable bonds is 2. The number of aliphatic imine (C=N–C) groups is 2. The lowest BCUT2D eigenvalue weighted by atomic mass is 10.2. The quantitative estimate of drug-likeness (QED) is 0.491. The number of nitrogens with two attached hydrogens (primary N) is 3. The normalized spacial score (nSPS) is 11.6. The maximum Gasteiger partial charge on any atom is 0.228 e. The Labute approximate surface area is 136 Å². The molecule has 0 atom stereocenters. The van der Waals surface area contributed by atoms with Crippen LogP contribution >= 0.6 is 11.6 Å². The van der Waals surface area contributed by atoms with Crippen LogP contribution in [0.3, 0.4) is 0 Å². The third-order valence-corrected chi connectivity index (χ3v) is 3.29. The van der Waals surface area contributed by atoms with Crippen molar-refractivity contribution in [3.8, 4) is 11.5 Å². The molecule has 0 unspecified atom stereocenters. The van der Waals surface area contributed by atoms with Crippen LogP contribution in [0.2, 0.25) is 5.02 Å². The first-order chi connectivity index (χ1) is 11.0. The summed E-state index contributed by atoms with van der Waals surface area (Å²) in [6, 6.07) is 12.5. The smallest absolute Gasteiger partial charge is 0.228 e. The molecule has 1 heterocycles. The lowest BCUT2D eigenvalue weighted by Crippen LogP contribution is -2.26. The summed E-state index contributed by atoms with van der Waals surface area (Å²) in [6.45, 7) is 0. The maximum absolute atomic E-state index is 6.16. The van der Waals surface area contributed by atoms with Crippen molar-refractivity contribution < 1.29 is 4.42 Å². The molecule has 0 spiro atoms. The Bertz CT molecular complexity index is 927. The van der Waals surface area contributed by atoms with Gasteiger partial charge in [0.2, 0.25) is 11.9 Å². The molecule has 23 heavy (non-hydrogen) atoms. The third-order valence-electron chi connectivity index (χ3n) is 2.96. The number of nitrogens with zero attached hydrogens (tertiary/aromatic N) is 3. The van der Waals surface area contributed by atoms with E-state index in [0.717, 1.165) is 5.56 Å². The van der Waals surface area contributed by atoms with E-state index in [9.17, 15) is 0 Å². The van der Waals surface area contributed by atoms with Crippen LogP contribution in [0, 0.1) is 0 Å². The monoisotopic (exact) mass is 328 g/mol. The second-order valence-electron chi connectivity index (χ2n) is 4.66. The molecule has 7 nitrogen and oxygen atoms in total. The third kappa shape index (κ3) is 3.24. The Morgan fingerprint density at radius 2 is 1.87 bits per heavy atom. The molecule has 0 radical (unpaired) electrons. The summed E-state index contributed by atoms with van der Waals surface area (Å²) in [4.78, 5) is 12.1. The molecular formula is C15H13ClN6O. The summed E-state index contributed by atoms with van der Waals surface area (Å²) in [5, 5.41) is 0.564. The zero-order valence-corrected chi connectivity index (χ0v) is 12.7. The predicted octanol–water partition coefficient (Wildman–Crippen LogP) is 2.37. The Morgan fingerprint density at radius 3 is 2.61 bits per heavy atom. The van der Waals surface area contributed by atoms with Crippen LogP contribution in [-0.2, 0) is 0 Å². The molecule has 3 rings (SSSR count). The van der Waals surface area contributed by atoms with Gasteiger partial charge in [-0.3, -0.25) is 0 Å². The Kier molecular flexibility index (Phi) is 3.86. The largest absolute Gasteiger partial charge is 0.436 e. The van der Waals surface area contributed by atoms with Crippen LogP contribution < -0.4 is 17.2 Å². The number of hydrogen-bond acceptors (Lipinski definition) is 3. The molecule has 0 saturated carbocycles. The maximum atomic E-state index is 6.16. The van der Waals surface area contributed by atoms with Gasteiger partial charge in [0.1, 0.15) is 5.52 Å². The van der Waals surface area contributed by atoms with Crippen molar-refractivity contribution in [1.29, 1.82) is 0 Å². The first-order valence-corrected chi connectivity index (χ1v) is 7.00. The fourth-order valence-corrected chi connectivity index (χ4v) is 2.24. The Hall–Kier alpha value is -3.06. The van der Waals surface area contributed by atoms with Crippen LogP contribution in [0.1, 0.15) is 0 Å². The van der Waals surface area contributed by atoms with Crippen molar-refractivity contribution in [1.82, 2.24) is 4.98 Å². The van der Waals surface area contributed by atoms with Gasteiger partial charge in [0, 0.05) is 6.07 Å². The van der Waals surface area contributed by atoms with Crippen molar-refractivity contribution in [3.63, 3.8) is 0 Å². The van der Waals surface area contributed by atoms with E-state index in [1.165, 1.54) is 0 Å². The number of hydrogen-bond donors (Lipinski definition) is 3. The average molecular weight is 329 g/mol. The lowest BCUT2D eigenvalue weighted by molar-refractivity contribution is 0.620. The summed E-state index contributed by atoms with van der Waals surface area (Å²) in [5.74, 6) is 0.229. The Morgan fingerprint density at radius 1 is 1.09 bits per heavy atom. The van der Waals surface area contributed by atoms with Crippen LogP contribution in [0.4, 0.5) is 5.69 Å². The second kappa shape index (κ2) is 5.98. The van der Waals surface area contributed by atoms with Crippen LogP contribution in [0.5, 0.6) is 0 Å². The van der Waals surface area contributed by atoms with E-state index in [0.29, 0.717) is 27.7 Å². The first-order valence-electron chi connectivity index (χ1n) is 6.62. The molecule has 0 fully saturated rings.